The van der Waals surface area contributed by atoms with E-state index in [1.54, 1.807) is 9.58 Å². The predicted molar refractivity (Wildman–Crippen MR) is 51.2 cm³/mol. The van der Waals surface area contributed by atoms with Gasteiger partial charge in [0, 0.05) is 5.70 Å². The summed E-state index contributed by atoms with van der Waals surface area (Å²) in [5.41, 5.74) is 1.06. The Morgan fingerprint density at radius 3 is 3.27 bits per heavy atom. The minimum atomic E-state index is -0.796. The van der Waals surface area contributed by atoms with Gasteiger partial charge in [0.2, 0.25) is 5.95 Å². The summed E-state index contributed by atoms with van der Waals surface area (Å²) in [6.45, 7) is 0.688. The molecule has 1 saturated heterocycles. The highest BCUT2D eigenvalue weighted by molar-refractivity contribution is 5.80. The highest BCUT2D eigenvalue weighted by Gasteiger charge is 2.38. The first kappa shape index (κ1) is 8.46. The topological polar surface area (TPSA) is 71.2 Å². The largest absolute Gasteiger partial charge is 0.480 e. The molecule has 1 fully saturated rings. The van der Waals surface area contributed by atoms with E-state index in [-0.39, 0.29) is 0 Å². The van der Waals surface area contributed by atoms with Crippen LogP contribution < -0.4 is 4.90 Å². The summed E-state index contributed by atoms with van der Waals surface area (Å²) in [4.78, 5) is 16.9. The van der Waals surface area contributed by atoms with Gasteiger partial charge in [-0.25, -0.2) is 9.48 Å². The number of hydrogen-bond acceptors (Lipinski definition) is 4. The van der Waals surface area contributed by atoms with E-state index >= 15 is 0 Å². The Morgan fingerprint density at radius 1 is 1.60 bits per heavy atom. The Kier molecular flexibility index (Phi) is 1.59. The van der Waals surface area contributed by atoms with Crippen LogP contribution >= 0.6 is 0 Å². The summed E-state index contributed by atoms with van der Waals surface area (Å²) in [6, 6.07) is -0.487. The van der Waals surface area contributed by atoms with Crippen LogP contribution in [0.5, 0.6) is 0 Å². The number of carboxylic acids is 1. The molecular weight excluding hydrogens is 196 g/mol. The van der Waals surface area contributed by atoms with E-state index in [0.717, 1.165) is 12.1 Å². The van der Waals surface area contributed by atoms with Crippen molar-refractivity contribution in [3.05, 3.63) is 18.1 Å². The van der Waals surface area contributed by atoms with E-state index in [0.29, 0.717) is 18.9 Å². The van der Waals surface area contributed by atoms with Crippen molar-refractivity contribution in [3.8, 4) is 0 Å². The summed E-state index contributed by atoms with van der Waals surface area (Å²) in [5, 5.41) is 13.1. The van der Waals surface area contributed by atoms with Crippen molar-refractivity contribution in [1.29, 1.82) is 0 Å². The SMILES string of the molecule is O=C(O)C1CCC2=CCn3ncnc3N21. The lowest BCUT2D eigenvalue weighted by Crippen LogP contribution is -2.38. The molecule has 1 N–H and O–H groups in total. The van der Waals surface area contributed by atoms with Crippen molar-refractivity contribution in [2.45, 2.75) is 25.4 Å². The maximum Gasteiger partial charge on any atom is 0.326 e. The molecule has 1 unspecified atom stereocenters. The van der Waals surface area contributed by atoms with Gasteiger partial charge in [0.1, 0.15) is 12.4 Å². The molecule has 0 spiro atoms. The van der Waals surface area contributed by atoms with Gasteiger partial charge in [0.25, 0.3) is 0 Å². The summed E-state index contributed by atoms with van der Waals surface area (Å²) < 4.78 is 1.71. The van der Waals surface area contributed by atoms with Gasteiger partial charge in [-0.1, -0.05) is 0 Å². The predicted octanol–water partition coefficient (Wildman–Crippen LogP) is 0.229. The number of fused-ring (bicyclic) bond motifs is 3. The second-order valence-corrected chi connectivity index (χ2v) is 3.70. The number of anilines is 1. The molecule has 1 atom stereocenters. The van der Waals surface area contributed by atoms with Crippen LogP contribution in [0.15, 0.2) is 18.1 Å². The van der Waals surface area contributed by atoms with Gasteiger partial charge in [-0.15, -0.1) is 0 Å². The van der Waals surface area contributed by atoms with Crippen LogP contribution in [0.25, 0.3) is 0 Å². The average Bonchev–Trinajstić information content (AvgIpc) is 2.82. The fraction of sp³-hybridized carbons (Fsp3) is 0.444. The molecule has 15 heavy (non-hydrogen) atoms. The van der Waals surface area contributed by atoms with Gasteiger partial charge in [0.15, 0.2) is 0 Å². The van der Waals surface area contributed by atoms with Crippen molar-refractivity contribution in [2.75, 3.05) is 4.90 Å². The molecule has 1 aromatic rings. The third kappa shape index (κ3) is 1.07. The molecule has 3 rings (SSSR count). The molecule has 2 aliphatic heterocycles. The minimum Gasteiger partial charge on any atom is -0.480 e. The maximum absolute atomic E-state index is 11.1. The summed E-state index contributed by atoms with van der Waals surface area (Å²) in [5.74, 6) is -0.146. The van der Waals surface area contributed by atoms with Crippen LogP contribution in [0.2, 0.25) is 0 Å². The standard InChI is InChI=1S/C9H10N4O2/c14-8(15)7-2-1-6-3-4-12-9(13(6)7)10-5-11-12/h3,5,7H,1-2,4H2,(H,14,15). The van der Waals surface area contributed by atoms with Crippen molar-refractivity contribution in [3.63, 3.8) is 0 Å². The van der Waals surface area contributed by atoms with Gasteiger partial charge in [-0.2, -0.15) is 10.1 Å². The van der Waals surface area contributed by atoms with Crippen molar-refractivity contribution in [1.82, 2.24) is 14.8 Å². The molecule has 0 aromatic carbocycles. The van der Waals surface area contributed by atoms with Gasteiger partial charge < -0.3 is 10.0 Å². The minimum absolute atomic E-state index is 0.487. The zero-order chi connectivity index (χ0) is 10.4. The molecule has 3 heterocycles. The zero-order valence-electron chi connectivity index (χ0n) is 8.00. The highest BCUT2D eigenvalue weighted by atomic mass is 16.4. The van der Waals surface area contributed by atoms with E-state index in [1.165, 1.54) is 6.33 Å². The molecule has 2 aliphatic rings. The summed E-state index contributed by atoms with van der Waals surface area (Å²) in [7, 11) is 0. The quantitative estimate of drug-likeness (QED) is 0.712. The lowest BCUT2D eigenvalue weighted by molar-refractivity contribution is -0.138. The number of aliphatic carboxylic acids is 1. The molecule has 1 aromatic heterocycles. The Bertz CT molecular complexity index is 451. The fourth-order valence-corrected chi connectivity index (χ4v) is 2.20. The molecule has 6 heteroatoms. The van der Waals surface area contributed by atoms with Crippen LogP contribution in [0.4, 0.5) is 5.95 Å². The van der Waals surface area contributed by atoms with Gasteiger partial charge >= 0.3 is 5.97 Å². The number of hydrogen-bond donors (Lipinski definition) is 1. The Balaban J connectivity index is 2.07. The molecule has 0 bridgehead atoms. The normalized spacial score (nSPS) is 23.3. The van der Waals surface area contributed by atoms with E-state index in [2.05, 4.69) is 10.1 Å². The number of aromatic nitrogens is 3. The van der Waals surface area contributed by atoms with E-state index in [4.69, 9.17) is 5.11 Å². The lowest BCUT2D eigenvalue weighted by atomic mass is 10.2. The average molecular weight is 206 g/mol. The van der Waals surface area contributed by atoms with Gasteiger partial charge in [0.05, 0.1) is 6.54 Å². The van der Waals surface area contributed by atoms with Gasteiger partial charge in [-0.3, -0.25) is 0 Å². The first-order chi connectivity index (χ1) is 7.27. The van der Waals surface area contributed by atoms with Crippen LogP contribution in [0.3, 0.4) is 0 Å². The Morgan fingerprint density at radius 2 is 2.47 bits per heavy atom. The number of allylic oxidation sites excluding steroid dienone is 2. The number of carbonyl (C=O) groups is 1. The van der Waals surface area contributed by atoms with Crippen LogP contribution in [-0.4, -0.2) is 31.9 Å². The van der Waals surface area contributed by atoms with E-state index in [9.17, 15) is 4.79 Å². The Labute approximate surface area is 85.8 Å². The van der Waals surface area contributed by atoms with Crippen molar-refractivity contribution >= 4 is 11.9 Å². The van der Waals surface area contributed by atoms with Crippen molar-refractivity contribution in [2.24, 2.45) is 0 Å². The maximum atomic E-state index is 11.1. The molecule has 0 saturated carbocycles. The molecule has 0 aliphatic carbocycles. The van der Waals surface area contributed by atoms with Crippen LogP contribution in [0, 0.1) is 0 Å². The third-order valence-electron chi connectivity index (χ3n) is 2.89. The Hall–Kier alpha value is -1.85. The first-order valence-electron chi connectivity index (χ1n) is 4.86. The molecule has 0 amide bonds. The summed E-state index contributed by atoms with van der Waals surface area (Å²) in [6.07, 6.45) is 4.94. The zero-order valence-corrected chi connectivity index (χ0v) is 8.00. The highest BCUT2D eigenvalue weighted by Crippen LogP contribution is 2.34. The van der Waals surface area contributed by atoms with Gasteiger partial charge in [-0.05, 0) is 18.9 Å². The van der Waals surface area contributed by atoms with E-state index in [1.807, 2.05) is 6.08 Å². The number of carboxylic acid groups (broad SMARTS) is 1. The number of rotatable bonds is 1. The van der Waals surface area contributed by atoms with Crippen LogP contribution in [-0.2, 0) is 11.3 Å². The monoisotopic (exact) mass is 206 g/mol. The second kappa shape index (κ2) is 2.82. The number of nitrogens with zero attached hydrogens (tertiary/aromatic N) is 4. The third-order valence-corrected chi connectivity index (χ3v) is 2.89. The molecule has 6 nitrogen and oxygen atoms in total. The fourth-order valence-electron chi connectivity index (χ4n) is 2.20. The summed E-state index contributed by atoms with van der Waals surface area (Å²) >= 11 is 0. The van der Waals surface area contributed by atoms with E-state index < -0.39 is 12.0 Å². The second-order valence-electron chi connectivity index (χ2n) is 3.70. The van der Waals surface area contributed by atoms with Crippen molar-refractivity contribution < 1.29 is 9.90 Å². The molecule has 78 valence electrons. The molecular formula is C9H10N4O2. The molecule has 0 radical (unpaired) electrons. The van der Waals surface area contributed by atoms with Crippen LogP contribution in [0.1, 0.15) is 12.8 Å². The smallest absolute Gasteiger partial charge is 0.326 e. The first-order valence-corrected chi connectivity index (χ1v) is 4.86. The lowest BCUT2D eigenvalue weighted by Gasteiger charge is -2.26.